The maximum atomic E-state index is 5.86. The zero-order valence-electron chi connectivity index (χ0n) is 11.6. The molecule has 1 aromatic carbocycles. The summed E-state index contributed by atoms with van der Waals surface area (Å²) in [5.41, 5.74) is 8.19. The van der Waals surface area contributed by atoms with Gasteiger partial charge in [-0.2, -0.15) is 4.98 Å². The van der Waals surface area contributed by atoms with E-state index in [-0.39, 0.29) is 0 Å². The van der Waals surface area contributed by atoms with Gasteiger partial charge in [0.15, 0.2) is 5.58 Å². The first kappa shape index (κ1) is 12.0. The molecule has 2 aliphatic rings. The van der Waals surface area contributed by atoms with Crippen LogP contribution in [0.2, 0.25) is 0 Å². The highest BCUT2D eigenvalue weighted by Crippen LogP contribution is 2.28. The van der Waals surface area contributed by atoms with Crippen molar-refractivity contribution in [1.29, 1.82) is 0 Å². The fraction of sp³-hybridized carbons (Fsp3) is 0.533. The molecule has 0 radical (unpaired) electrons. The Hall–Kier alpha value is -1.75. The summed E-state index contributed by atoms with van der Waals surface area (Å²) in [5.74, 6) is 0. The fourth-order valence-corrected chi connectivity index (χ4v) is 3.39. The number of rotatable bonds is 2. The van der Waals surface area contributed by atoms with Gasteiger partial charge in [0.25, 0.3) is 6.01 Å². The molecule has 3 heterocycles. The van der Waals surface area contributed by atoms with Crippen LogP contribution in [-0.2, 0) is 0 Å². The lowest BCUT2D eigenvalue weighted by Crippen LogP contribution is -2.35. The van der Waals surface area contributed by atoms with Crippen molar-refractivity contribution in [2.75, 3.05) is 36.8 Å². The van der Waals surface area contributed by atoms with Crippen molar-refractivity contribution in [1.82, 2.24) is 9.88 Å². The van der Waals surface area contributed by atoms with E-state index in [2.05, 4.69) is 14.8 Å². The van der Waals surface area contributed by atoms with E-state index in [1.165, 1.54) is 32.4 Å². The number of hydrogen-bond donors (Lipinski definition) is 1. The van der Waals surface area contributed by atoms with E-state index in [4.69, 9.17) is 10.2 Å². The zero-order chi connectivity index (χ0) is 13.5. The molecule has 5 heteroatoms. The third-order valence-corrected chi connectivity index (χ3v) is 4.49. The Labute approximate surface area is 118 Å². The molecule has 20 heavy (non-hydrogen) atoms. The van der Waals surface area contributed by atoms with Gasteiger partial charge in [0.1, 0.15) is 5.52 Å². The van der Waals surface area contributed by atoms with Gasteiger partial charge in [-0.1, -0.05) is 0 Å². The summed E-state index contributed by atoms with van der Waals surface area (Å²) in [6.07, 6.45) is 3.90. The summed E-state index contributed by atoms with van der Waals surface area (Å²) in [7, 11) is 0. The minimum atomic E-state index is 0.664. The van der Waals surface area contributed by atoms with Crippen LogP contribution in [0.25, 0.3) is 11.1 Å². The van der Waals surface area contributed by atoms with Gasteiger partial charge in [0, 0.05) is 24.8 Å². The number of anilines is 2. The summed E-state index contributed by atoms with van der Waals surface area (Å²) in [5, 5.41) is 0. The van der Waals surface area contributed by atoms with Gasteiger partial charge in [-0.25, -0.2) is 0 Å². The second-order valence-corrected chi connectivity index (χ2v) is 5.86. The van der Waals surface area contributed by atoms with Crippen LogP contribution in [-0.4, -0.2) is 42.1 Å². The highest BCUT2D eigenvalue weighted by molar-refractivity contribution is 5.78. The Morgan fingerprint density at radius 1 is 1.20 bits per heavy atom. The lowest BCUT2D eigenvalue weighted by atomic mass is 10.2. The van der Waals surface area contributed by atoms with Gasteiger partial charge in [-0.15, -0.1) is 0 Å². The Morgan fingerprint density at radius 3 is 2.90 bits per heavy atom. The largest absolute Gasteiger partial charge is 0.423 e. The minimum absolute atomic E-state index is 0.664. The molecule has 2 aromatic rings. The van der Waals surface area contributed by atoms with Crippen molar-refractivity contribution < 1.29 is 4.42 Å². The Kier molecular flexibility index (Phi) is 2.80. The van der Waals surface area contributed by atoms with Crippen LogP contribution in [0.4, 0.5) is 11.7 Å². The monoisotopic (exact) mass is 272 g/mol. The average molecular weight is 272 g/mol. The molecule has 2 N–H and O–H groups in total. The van der Waals surface area contributed by atoms with Crippen LogP contribution in [0.1, 0.15) is 19.3 Å². The summed E-state index contributed by atoms with van der Waals surface area (Å²) in [6.45, 7) is 4.57. The highest BCUT2D eigenvalue weighted by Gasteiger charge is 2.31. The standard InChI is InChI=1S/C15H20N4O/c16-11-3-4-14-13(9-11)17-15(20-14)19-8-5-12(10-19)18-6-1-2-7-18/h3-4,9,12H,1-2,5-8,10,16H2. The predicted molar refractivity (Wildman–Crippen MR) is 79.8 cm³/mol. The van der Waals surface area contributed by atoms with E-state index in [1.807, 2.05) is 18.2 Å². The average Bonchev–Trinajstić information content (AvgIpc) is 3.17. The molecule has 2 fully saturated rings. The molecule has 106 valence electrons. The van der Waals surface area contributed by atoms with Crippen molar-refractivity contribution in [2.24, 2.45) is 0 Å². The molecule has 2 saturated heterocycles. The SMILES string of the molecule is Nc1ccc2oc(N3CCC(N4CCCC4)C3)nc2c1. The maximum absolute atomic E-state index is 5.86. The predicted octanol–water partition coefficient (Wildman–Crippen LogP) is 2.08. The molecule has 0 aliphatic carbocycles. The number of fused-ring (bicyclic) bond motifs is 1. The fourth-order valence-electron chi connectivity index (χ4n) is 3.39. The van der Waals surface area contributed by atoms with Gasteiger partial charge in [-0.05, 0) is 50.6 Å². The molecular weight excluding hydrogens is 252 g/mol. The van der Waals surface area contributed by atoms with Gasteiger partial charge in [-0.3, -0.25) is 4.90 Å². The number of hydrogen-bond acceptors (Lipinski definition) is 5. The molecule has 0 saturated carbocycles. The summed E-state index contributed by atoms with van der Waals surface area (Å²) < 4.78 is 5.86. The van der Waals surface area contributed by atoms with E-state index in [9.17, 15) is 0 Å². The molecule has 0 amide bonds. The Balaban J connectivity index is 1.54. The van der Waals surface area contributed by atoms with Crippen LogP contribution in [0.5, 0.6) is 0 Å². The lowest BCUT2D eigenvalue weighted by Gasteiger charge is -2.22. The van der Waals surface area contributed by atoms with Crippen molar-refractivity contribution >= 4 is 22.8 Å². The van der Waals surface area contributed by atoms with E-state index < -0.39 is 0 Å². The number of benzene rings is 1. The molecule has 2 aliphatic heterocycles. The number of nitrogens with zero attached hydrogens (tertiary/aromatic N) is 3. The molecule has 1 atom stereocenters. The van der Waals surface area contributed by atoms with E-state index in [0.717, 1.165) is 35.9 Å². The van der Waals surface area contributed by atoms with Gasteiger partial charge in [0.05, 0.1) is 0 Å². The number of nitrogens with two attached hydrogens (primary N) is 1. The molecule has 0 spiro atoms. The van der Waals surface area contributed by atoms with Gasteiger partial charge >= 0.3 is 0 Å². The van der Waals surface area contributed by atoms with Crippen LogP contribution in [0.3, 0.4) is 0 Å². The zero-order valence-corrected chi connectivity index (χ0v) is 11.6. The van der Waals surface area contributed by atoms with Gasteiger partial charge < -0.3 is 15.1 Å². The van der Waals surface area contributed by atoms with Crippen molar-refractivity contribution in [3.63, 3.8) is 0 Å². The van der Waals surface area contributed by atoms with E-state index >= 15 is 0 Å². The van der Waals surface area contributed by atoms with E-state index in [0.29, 0.717) is 6.04 Å². The van der Waals surface area contributed by atoms with Crippen LogP contribution in [0, 0.1) is 0 Å². The third kappa shape index (κ3) is 2.02. The summed E-state index contributed by atoms with van der Waals surface area (Å²) in [4.78, 5) is 9.45. The number of oxazole rings is 1. The smallest absolute Gasteiger partial charge is 0.298 e. The van der Waals surface area contributed by atoms with Crippen LogP contribution in [0.15, 0.2) is 22.6 Å². The Bertz CT molecular complexity index is 617. The quantitative estimate of drug-likeness (QED) is 0.848. The van der Waals surface area contributed by atoms with Crippen molar-refractivity contribution in [3.8, 4) is 0 Å². The summed E-state index contributed by atoms with van der Waals surface area (Å²) in [6, 6.07) is 7.03. The molecule has 1 aromatic heterocycles. The lowest BCUT2D eigenvalue weighted by molar-refractivity contribution is 0.260. The Morgan fingerprint density at radius 2 is 2.05 bits per heavy atom. The van der Waals surface area contributed by atoms with Gasteiger partial charge in [0.2, 0.25) is 0 Å². The second-order valence-electron chi connectivity index (χ2n) is 5.86. The van der Waals surface area contributed by atoms with Crippen LogP contribution >= 0.6 is 0 Å². The van der Waals surface area contributed by atoms with E-state index in [1.54, 1.807) is 0 Å². The number of likely N-dealkylation sites (tertiary alicyclic amines) is 1. The molecular formula is C15H20N4O. The third-order valence-electron chi connectivity index (χ3n) is 4.49. The normalized spacial score (nSPS) is 24.0. The molecule has 1 unspecified atom stereocenters. The van der Waals surface area contributed by atoms with Crippen LogP contribution < -0.4 is 10.6 Å². The second kappa shape index (κ2) is 4.66. The highest BCUT2D eigenvalue weighted by atomic mass is 16.4. The maximum Gasteiger partial charge on any atom is 0.298 e. The topological polar surface area (TPSA) is 58.5 Å². The minimum Gasteiger partial charge on any atom is -0.423 e. The van der Waals surface area contributed by atoms with Crippen molar-refractivity contribution in [3.05, 3.63) is 18.2 Å². The van der Waals surface area contributed by atoms with Crippen molar-refractivity contribution in [2.45, 2.75) is 25.3 Å². The number of nitrogen functional groups attached to an aromatic ring is 1. The molecule has 0 bridgehead atoms. The molecule has 4 rings (SSSR count). The first-order valence-corrected chi connectivity index (χ1v) is 7.45. The summed E-state index contributed by atoms with van der Waals surface area (Å²) >= 11 is 0. The first-order chi connectivity index (χ1) is 9.79. The molecule has 5 nitrogen and oxygen atoms in total. The first-order valence-electron chi connectivity index (χ1n) is 7.45. The number of aromatic nitrogens is 1.